The Balaban J connectivity index is 2.01. The van der Waals surface area contributed by atoms with Crippen molar-refractivity contribution in [3.05, 3.63) is 0 Å². The van der Waals surface area contributed by atoms with Gasteiger partial charge < -0.3 is 14.9 Å². The van der Waals surface area contributed by atoms with E-state index >= 15 is 0 Å². The maximum Gasteiger partial charge on any atom is 0.303 e. The summed E-state index contributed by atoms with van der Waals surface area (Å²) in [6, 6.07) is 0. The number of nitrogens with zero attached hydrogens (tertiary/aromatic N) is 2. The molecule has 0 spiro atoms. The van der Waals surface area contributed by atoms with E-state index in [0.717, 1.165) is 25.4 Å². The largest absolute Gasteiger partial charge is 0.481 e. The van der Waals surface area contributed by atoms with Crippen LogP contribution >= 0.6 is 0 Å². The molecule has 4 nitrogen and oxygen atoms in total. The van der Waals surface area contributed by atoms with Gasteiger partial charge in [0.15, 0.2) is 0 Å². The quantitative estimate of drug-likeness (QED) is 0.709. The molecule has 0 aromatic heterocycles. The Hall–Kier alpha value is -0.610. The lowest BCUT2D eigenvalue weighted by atomic mass is 10.0. The first-order valence-corrected chi connectivity index (χ1v) is 6.17. The Morgan fingerprint density at radius 1 is 1.50 bits per heavy atom. The highest BCUT2D eigenvalue weighted by Crippen LogP contribution is 2.17. The number of hydrogen-bond acceptors (Lipinski definition) is 3. The summed E-state index contributed by atoms with van der Waals surface area (Å²) in [6.07, 6.45) is 3.61. The van der Waals surface area contributed by atoms with Crippen molar-refractivity contribution in [2.45, 2.75) is 25.7 Å². The van der Waals surface area contributed by atoms with Crippen LogP contribution in [0.3, 0.4) is 0 Å². The van der Waals surface area contributed by atoms with Crippen LogP contribution in [0, 0.1) is 5.92 Å². The van der Waals surface area contributed by atoms with Gasteiger partial charge in [0.2, 0.25) is 0 Å². The van der Waals surface area contributed by atoms with E-state index in [0.29, 0.717) is 0 Å². The highest BCUT2D eigenvalue weighted by atomic mass is 16.4. The molecule has 4 heteroatoms. The summed E-state index contributed by atoms with van der Waals surface area (Å²) in [5.74, 6) is 0.151. The van der Waals surface area contributed by atoms with Crippen LogP contribution in [0.5, 0.6) is 0 Å². The zero-order chi connectivity index (χ0) is 12.0. The fraction of sp³-hybridized carbons (Fsp3) is 0.917. The third-order valence-corrected chi connectivity index (χ3v) is 3.34. The Morgan fingerprint density at radius 3 is 2.81 bits per heavy atom. The van der Waals surface area contributed by atoms with Crippen LogP contribution in [0.15, 0.2) is 0 Å². The van der Waals surface area contributed by atoms with Crippen LogP contribution in [0.2, 0.25) is 0 Å². The van der Waals surface area contributed by atoms with Crippen molar-refractivity contribution < 1.29 is 9.90 Å². The lowest BCUT2D eigenvalue weighted by Gasteiger charge is -2.18. The first-order valence-electron chi connectivity index (χ1n) is 6.17. The number of carboxylic acid groups (broad SMARTS) is 1. The summed E-state index contributed by atoms with van der Waals surface area (Å²) < 4.78 is 0. The maximum absolute atomic E-state index is 10.4. The second-order valence-corrected chi connectivity index (χ2v) is 5.01. The molecular formula is C12H24N2O2. The van der Waals surface area contributed by atoms with Gasteiger partial charge in [-0.25, -0.2) is 0 Å². The predicted molar refractivity (Wildman–Crippen MR) is 64.6 cm³/mol. The highest BCUT2D eigenvalue weighted by Gasteiger charge is 2.19. The SMILES string of the molecule is CN(CCCC(=O)O)CCC1CCN(C)C1. The summed E-state index contributed by atoms with van der Waals surface area (Å²) in [5.41, 5.74) is 0. The molecule has 16 heavy (non-hydrogen) atoms. The summed E-state index contributed by atoms with van der Waals surface area (Å²) in [6.45, 7) is 4.45. The summed E-state index contributed by atoms with van der Waals surface area (Å²) in [4.78, 5) is 15.0. The van der Waals surface area contributed by atoms with Crippen molar-refractivity contribution in [1.82, 2.24) is 9.80 Å². The van der Waals surface area contributed by atoms with Crippen molar-refractivity contribution in [1.29, 1.82) is 0 Å². The molecule has 1 heterocycles. The molecule has 0 saturated carbocycles. The fourth-order valence-electron chi connectivity index (χ4n) is 2.28. The van der Waals surface area contributed by atoms with Crippen LogP contribution in [-0.4, -0.2) is 61.2 Å². The first-order chi connectivity index (χ1) is 7.58. The average molecular weight is 228 g/mol. The van der Waals surface area contributed by atoms with Crippen molar-refractivity contribution in [2.75, 3.05) is 40.3 Å². The van der Waals surface area contributed by atoms with Gasteiger partial charge in [-0.15, -0.1) is 0 Å². The maximum atomic E-state index is 10.4. The van der Waals surface area contributed by atoms with Gasteiger partial charge in [0.25, 0.3) is 0 Å². The molecule has 1 N–H and O–H groups in total. The number of likely N-dealkylation sites (tertiary alicyclic amines) is 1. The third kappa shape index (κ3) is 5.47. The predicted octanol–water partition coefficient (Wildman–Crippen LogP) is 1.12. The molecule has 1 aliphatic heterocycles. The molecule has 0 radical (unpaired) electrons. The lowest BCUT2D eigenvalue weighted by Crippen LogP contribution is -2.24. The topological polar surface area (TPSA) is 43.8 Å². The molecule has 1 saturated heterocycles. The molecule has 1 unspecified atom stereocenters. The zero-order valence-corrected chi connectivity index (χ0v) is 10.5. The van der Waals surface area contributed by atoms with Gasteiger partial charge in [-0.1, -0.05) is 0 Å². The minimum absolute atomic E-state index is 0.288. The zero-order valence-electron chi connectivity index (χ0n) is 10.5. The fourth-order valence-corrected chi connectivity index (χ4v) is 2.28. The van der Waals surface area contributed by atoms with Gasteiger partial charge in [-0.05, 0) is 58.9 Å². The molecule has 1 fully saturated rings. The Morgan fingerprint density at radius 2 is 2.25 bits per heavy atom. The number of aliphatic carboxylic acids is 1. The van der Waals surface area contributed by atoms with E-state index in [2.05, 4.69) is 23.9 Å². The lowest BCUT2D eigenvalue weighted by molar-refractivity contribution is -0.137. The number of rotatable bonds is 7. The highest BCUT2D eigenvalue weighted by molar-refractivity contribution is 5.66. The Bertz CT molecular complexity index is 221. The molecule has 0 aromatic carbocycles. The third-order valence-electron chi connectivity index (χ3n) is 3.34. The van der Waals surface area contributed by atoms with Gasteiger partial charge in [0, 0.05) is 13.0 Å². The van der Waals surface area contributed by atoms with Crippen LogP contribution in [-0.2, 0) is 4.79 Å². The molecule has 0 aliphatic carbocycles. The minimum atomic E-state index is -0.689. The molecule has 0 amide bonds. The monoisotopic (exact) mass is 228 g/mol. The minimum Gasteiger partial charge on any atom is -0.481 e. The summed E-state index contributed by atoms with van der Waals surface area (Å²) in [7, 11) is 4.26. The second-order valence-electron chi connectivity index (χ2n) is 5.01. The number of carboxylic acids is 1. The van der Waals surface area contributed by atoms with E-state index in [1.807, 2.05) is 0 Å². The van der Waals surface area contributed by atoms with E-state index in [4.69, 9.17) is 5.11 Å². The smallest absolute Gasteiger partial charge is 0.303 e. The standard InChI is InChI=1S/C12H24N2O2/c1-13(7-3-4-12(15)16)8-5-11-6-9-14(2)10-11/h11H,3-10H2,1-2H3,(H,15,16). The van der Waals surface area contributed by atoms with E-state index in [-0.39, 0.29) is 6.42 Å². The van der Waals surface area contributed by atoms with E-state index < -0.39 is 5.97 Å². The van der Waals surface area contributed by atoms with E-state index in [9.17, 15) is 4.79 Å². The average Bonchev–Trinajstić information content (AvgIpc) is 2.61. The van der Waals surface area contributed by atoms with Crippen LogP contribution in [0.25, 0.3) is 0 Å². The molecule has 0 bridgehead atoms. The van der Waals surface area contributed by atoms with Gasteiger partial charge >= 0.3 is 5.97 Å². The number of hydrogen-bond donors (Lipinski definition) is 1. The molecule has 1 rings (SSSR count). The van der Waals surface area contributed by atoms with Gasteiger partial charge in [0.05, 0.1) is 0 Å². The van der Waals surface area contributed by atoms with Gasteiger partial charge in [0.1, 0.15) is 0 Å². The molecule has 0 aromatic rings. The summed E-state index contributed by atoms with van der Waals surface area (Å²) >= 11 is 0. The molecule has 1 atom stereocenters. The molecule has 94 valence electrons. The van der Waals surface area contributed by atoms with E-state index in [1.165, 1.54) is 25.9 Å². The van der Waals surface area contributed by atoms with Crippen molar-refractivity contribution in [2.24, 2.45) is 5.92 Å². The van der Waals surface area contributed by atoms with Crippen molar-refractivity contribution >= 4 is 5.97 Å². The number of carbonyl (C=O) groups is 1. The molecular weight excluding hydrogens is 204 g/mol. The first kappa shape index (κ1) is 13.5. The van der Waals surface area contributed by atoms with Crippen LogP contribution < -0.4 is 0 Å². The summed E-state index contributed by atoms with van der Waals surface area (Å²) in [5, 5.41) is 8.53. The van der Waals surface area contributed by atoms with Crippen LogP contribution in [0.4, 0.5) is 0 Å². The van der Waals surface area contributed by atoms with Gasteiger partial charge in [-0.2, -0.15) is 0 Å². The Kier molecular flexibility index (Phi) is 5.77. The van der Waals surface area contributed by atoms with E-state index in [1.54, 1.807) is 0 Å². The van der Waals surface area contributed by atoms with Crippen molar-refractivity contribution in [3.63, 3.8) is 0 Å². The normalized spacial score (nSPS) is 21.8. The Labute approximate surface area is 98.2 Å². The van der Waals surface area contributed by atoms with Crippen molar-refractivity contribution in [3.8, 4) is 0 Å². The van der Waals surface area contributed by atoms with Gasteiger partial charge in [-0.3, -0.25) is 4.79 Å². The van der Waals surface area contributed by atoms with Crippen LogP contribution in [0.1, 0.15) is 25.7 Å². The molecule has 1 aliphatic rings. The second kappa shape index (κ2) is 6.86.